The molecule has 0 heterocycles. The standard InChI is InChI=1S/C13H16BrNO/c1-9(2)7-13(16)15-10(3)11-5-4-6-12(14)8-11/h4-8,10H,1-3H3,(H,15,16)/t10-/m0/s1. The van der Waals surface area contributed by atoms with E-state index in [1.54, 1.807) is 6.08 Å². The molecular weight excluding hydrogens is 266 g/mol. The maximum atomic E-state index is 11.5. The summed E-state index contributed by atoms with van der Waals surface area (Å²) in [5.74, 6) is -0.0486. The molecule has 16 heavy (non-hydrogen) atoms. The molecule has 1 amide bonds. The van der Waals surface area contributed by atoms with Crippen LogP contribution in [-0.4, -0.2) is 5.91 Å². The Labute approximate surface area is 105 Å². The molecule has 0 fully saturated rings. The zero-order valence-electron chi connectivity index (χ0n) is 9.75. The number of nitrogens with one attached hydrogen (secondary N) is 1. The van der Waals surface area contributed by atoms with Gasteiger partial charge in [-0.2, -0.15) is 0 Å². The summed E-state index contributed by atoms with van der Waals surface area (Å²) in [6.07, 6.45) is 1.61. The van der Waals surface area contributed by atoms with Crippen LogP contribution in [0.2, 0.25) is 0 Å². The van der Waals surface area contributed by atoms with Gasteiger partial charge in [0.2, 0.25) is 5.91 Å². The fourth-order valence-corrected chi connectivity index (χ4v) is 1.79. The number of benzene rings is 1. The second-order valence-electron chi connectivity index (χ2n) is 4.01. The number of carbonyl (C=O) groups excluding carboxylic acids is 1. The molecule has 1 aromatic carbocycles. The number of amides is 1. The molecule has 0 aliphatic rings. The van der Waals surface area contributed by atoms with Crippen LogP contribution in [0.15, 0.2) is 40.4 Å². The molecular formula is C13H16BrNO. The Bertz CT molecular complexity index is 408. The van der Waals surface area contributed by atoms with Gasteiger partial charge in [0.15, 0.2) is 0 Å². The lowest BCUT2D eigenvalue weighted by Crippen LogP contribution is -2.24. The highest BCUT2D eigenvalue weighted by atomic mass is 79.9. The average Bonchev–Trinajstić information content (AvgIpc) is 2.16. The number of carbonyl (C=O) groups is 1. The molecule has 1 rings (SSSR count). The van der Waals surface area contributed by atoms with Crippen LogP contribution in [0.5, 0.6) is 0 Å². The lowest BCUT2D eigenvalue weighted by Gasteiger charge is -2.13. The zero-order valence-corrected chi connectivity index (χ0v) is 11.3. The second kappa shape index (κ2) is 5.85. The van der Waals surface area contributed by atoms with Crippen molar-refractivity contribution in [2.24, 2.45) is 0 Å². The molecule has 0 aliphatic heterocycles. The van der Waals surface area contributed by atoms with E-state index in [2.05, 4.69) is 21.2 Å². The van der Waals surface area contributed by atoms with Crippen molar-refractivity contribution >= 4 is 21.8 Å². The van der Waals surface area contributed by atoms with Crippen LogP contribution in [-0.2, 0) is 4.79 Å². The maximum Gasteiger partial charge on any atom is 0.244 e. The third-order valence-corrected chi connectivity index (χ3v) is 2.62. The summed E-state index contributed by atoms with van der Waals surface area (Å²) in [4.78, 5) is 11.5. The minimum Gasteiger partial charge on any atom is -0.346 e. The quantitative estimate of drug-likeness (QED) is 0.843. The molecule has 0 saturated heterocycles. The highest BCUT2D eigenvalue weighted by Gasteiger charge is 2.07. The van der Waals surface area contributed by atoms with Crippen LogP contribution in [0.4, 0.5) is 0 Å². The van der Waals surface area contributed by atoms with Gasteiger partial charge in [-0.15, -0.1) is 0 Å². The first kappa shape index (κ1) is 13.0. The van der Waals surface area contributed by atoms with Crippen molar-refractivity contribution < 1.29 is 4.79 Å². The highest BCUT2D eigenvalue weighted by molar-refractivity contribution is 9.10. The van der Waals surface area contributed by atoms with Gasteiger partial charge >= 0.3 is 0 Å². The Balaban J connectivity index is 2.69. The summed E-state index contributed by atoms with van der Waals surface area (Å²) in [6.45, 7) is 5.78. The van der Waals surface area contributed by atoms with E-state index in [9.17, 15) is 4.79 Å². The molecule has 0 saturated carbocycles. The van der Waals surface area contributed by atoms with E-state index < -0.39 is 0 Å². The predicted octanol–water partition coefficient (Wildman–Crippen LogP) is 3.59. The highest BCUT2D eigenvalue weighted by Crippen LogP contribution is 2.17. The molecule has 1 N–H and O–H groups in total. The van der Waals surface area contributed by atoms with Crippen LogP contribution in [0, 0.1) is 0 Å². The van der Waals surface area contributed by atoms with Crippen molar-refractivity contribution in [3.63, 3.8) is 0 Å². The Morgan fingerprint density at radius 1 is 1.44 bits per heavy atom. The van der Waals surface area contributed by atoms with Crippen molar-refractivity contribution in [2.75, 3.05) is 0 Å². The van der Waals surface area contributed by atoms with Crippen molar-refractivity contribution in [3.8, 4) is 0 Å². The van der Waals surface area contributed by atoms with Crippen molar-refractivity contribution in [1.29, 1.82) is 0 Å². The van der Waals surface area contributed by atoms with E-state index in [1.165, 1.54) is 0 Å². The molecule has 1 aromatic rings. The zero-order chi connectivity index (χ0) is 12.1. The third-order valence-electron chi connectivity index (χ3n) is 2.13. The van der Waals surface area contributed by atoms with Gasteiger partial charge in [0, 0.05) is 10.5 Å². The van der Waals surface area contributed by atoms with E-state index in [0.717, 1.165) is 15.6 Å². The molecule has 0 spiro atoms. The largest absolute Gasteiger partial charge is 0.346 e. The molecule has 0 aliphatic carbocycles. The third kappa shape index (κ3) is 4.19. The van der Waals surface area contributed by atoms with Crippen molar-refractivity contribution in [2.45, 2.75) is 26.8 Å². The Kier molecular flexibility index (Phi) is 4.74. The molecule has 2 nitrogen and oxygen atoms in total. The van der Waals surface area contributed by atoms with Crippen LogP contribution in [0.25, 0.3) is 0 Å². The second-order valence-corrected chi connectivity index (χ2v) is 4.92. The van der Waals surface area contributed by atoms with Gasteiger partial charge in [0.25, 0.3) is 0 Å². The van der Waals surface area contributed by atoms with Gasteiger partial charge in [0.05, 0.1) is 6.04 Å². The van der Waals surface area contributed by atoms with E-state index in [-0.39, 0.29) is 11.9 Å². The van der Waals surface area contributed by atoms with Gasteiger partial charge in [-0.3, -0.25) is 4.79 Å². The Morgan fingerprint density at radius 2 is 2.12 bits per heavy atom. The van der Waals surface area contributed by atoms with E-state index in [4.69, 9.17) is 0 Å². The van der Waals surface area contributed by atoms with E-state index >= 15 is 0 Å². The number of halogens is 1. The van der Waals surface area contributed by atoms with E-state index in [1.807, 2.05) is 45.0 Å². The fraction of sp³-hybridized carbons (Fsp3) is 0.308. The van der Waals surface area contributed by atoms with E-state index in [0.29, 0.717) is 0 Å². The molecule has 0 radical (unpaired) electrons. The minimum atomic E-state index is -0.0486. The molecule has 3 heteroatoms. The van der Waals surface area contributed by atoms with Crippen molar-refractivity contribution in [3.05, 3.63) is 46.0 Å². The van der Waals surface area contributed by atoms with Gasteiger partial charge in [-0.05, 0) is 38.5 Å². The molecule has 86 valence electrons. The molecule has 1 atom stereocenters. The Hall–Kier alpha value is -1.09. The monoisotopic (exact) mass is 281 g/mol. The summed E-state index contributed by atoms with van der Waals surface area (Å²) in [5, 5.41) is 2.92. The first-order valence-electron chi connectivity index (χ1n) is 5.20. The Morgan fingerprint density at radius 3 is 2.69 bits per heavy atom. The summed E-state index contributed by atoms with van der Waals surface area (Å²) < 4.78 is 1.02. The van der Waals surface area contributed by atoms with Crippen LogP contribution in [0.3, 0.4) is 0 Å². The predicted molar refractivity (Wildman–Crippen MR) is 70.1 cm³/mol. The number of allylic oxidation sites excluding steroid dienone is 1. The summed E-state index contributed by atoms with van der Waals surface area (Å²) in [6, 6.07) is 7.95. The molecule has 0 unspecified atom stereocenters. The lowest BCUT2D eigenvalue weighted by atomic mass is 10.1. The number of hydrogen-bond acceptors (Lipinski definition) is 1. The summed E-state index contributed by atoms with van der Waals surface area (Å²) in [7, 11) is 0. The average molecular weight is 282 g/mol. The SMILES string of the molecule is CC(C)=CC(=O)N[C@@H](C)c1cccc(Br)c1. The number of hydrogen-bond donors (Lipinski definition) is 1. The smallest absolute Gasteiger partial charge is 0.244 e. The van der Waals surface area contributed by atoms with Gasteiger partial charge < -0.3 is 5.32 Å². The van der Waals surface area contributed by atoms with Crippen LogP contribution < -0.4 is 5.32 Å². The summed E-state index contributed by atoms with van der Waals surface area (Å²) >= 11 is 3.41. The summed E-state index contributed by atoms with van der Waals surface area (Å²) in [5.41, 5.74) is 2.09. The molecule has 0 bridgehead atoms. The van der Waals surface area contributed by atoms with Crippen molar-refractivity contribution in [1.82, 2.24) is 5.32 Å². The first-order chi connectivity index (χ1) is 7.49. The van der Waals surface area contributed by atoms with Crippen LogP contribution >= 0.6 is 15.9 Å². The maximum absolute atomic E-state index is 11.5. The molecule has 0 aromatic heterocycles. The normalized spacial score (nSPS) is 11.8. The topological polar surface area (TPSA) is 29.1 Å². The lowest BCUT2D eigenvalue weighted by molar-refractivity contribution is -0.117. The van der Waals surface area contributed by atoms with Crippen LogP contribution in [0.1, 0.15) is 32.4 Å². The van der Waals surface area contributed by atoms with Gasteiger partial charge in [-0.25, -0.2) is 0 Å². The van der Waals surface area contributed by atoms with Gasteiger partial charge in [-0.1, -0.05) is 33.6 Å². The fourth-order valence-electron chi connectivity index (χ4n) is 1.38. The minimum absolute atomic E-state index is 0.0144. The van der Waals surface area contributed by atoms with Gasteiger partial charge in [0.1, 0.15) is 0 Å². The number of rotatable bonds is 3. The first-order valence-corrected chi connectivity index (χ1v) is 5.99.